The molecule has 1 saturated heterocycles. The summed E-state index contributed by atoms with van der Waals surface area (Å²) in [5.41, 5.74) is 1.15. The number of carboxylic acid groups (broad SMARTS) is 1. The lowest BCUT2D eigenvalue weighted by Gasteiger charge is -2.23. The summed E-state index contributed by atoms with van der Waals surface area (Å²) in [5, 5.41) is 20.8. The van der Waals surface area contributed by atoms with Crippen LogP contribution in [-0.4, -0.2) is 53.5 Å². The molecule has 1 amide bonds. The van der Waals surface area contributed by atoms with Crippen LogP contribution in [0.25, 0.3) is 0 Å². The van der Waals surface area contributed by atoms with E-state index in [1.54, 1.807) is 25.2 Å². The van der Waals surface area contributed by atoms with E-state index >= 15 is 0 Å². The van der Waals surface area contributed by atoms with Gasteiger partial charge in [-0.25, -0.2) is 0 Å². The molecule has 2 atom stereocenters. The van der Waals surface area contributed by atoms with E-state index in [-0.39, 0.29) is 30.6 Å². The van der Waals surface area contributed by atoms with Crippen molar-refractivity contribution >= 4 is 23.3 Å². The standard InChI is InChI=1S/C20H21N3O5/c1-21(17-9-5-6-10-18(17)23(27)28)13-19(24)22-11-15(16(12-22)20(25)26)14-7-3-2-4-8-14/h2-10,15-16H,11-13H2,1H3,(H,25,26)/t15-,16-/m0/s1. The molecule has 1 heterocycles. The summed E-state index contributed by atoms with van der Waals surface area (Å²) in [4.78, 5) is 38.2. The highest BCUT2D eigenvalue weighted by Gasteiger charge is 2.40. The SMILES string of the molecule is CN(CC(=O)N1C[C@H](C(=O)O)[C@H](c2ccccc2)C1)c1ccccc1[N+](=O)[O-]. The van der Waals surface area contributed by atoms with Gasteiger partial charge in [0.05, 0.1) is 17.4 Å². The molecule has 0 aliphatic carbocycles. The first-order valence-corrected chi connectivity index (χ1v) is 8.88. The Morgan fingerprint density at radius 1 is 1.14 bits per heavy atom. The molecule has 146 valence electrons. The van der Waals surface area contributed by atoms with Crippen molar-refractivity contribution in [3.63, 3.8) is 0 Å². The second kappa shape index (κ2) is 8.08. The van der Waals surface area contributed by atoms with Crippen molar-refractivity contribution in [1.82, 2.24) is 4.90 Å². The molecule has 3 rings (SSSR count). The molecule has 8 nitrogen and oxygen atoms in total. The monoisotopic (exact) mass is 383 g/mol. The smallest absolute Gasteiger partial charge is 0.308 e. The second-order valence-corrected chi connectivity index (χ2v) is 6.86. The van der Waals surface area contributed by atoms with Crippen molar-refractivity contribution < 1.29 is 19.6 Å². The van der Waals surface area contributed by atoms with Gasteiger partial charge in [0.2, 0.25) is 5.91 Å². The second-order valence-electron chi connectivity index (χ2n) is 6.86. The lowest BCUT2D eigenvalue weighted by molar-refractivity contribution is -0.384. The Labute approximate surface area is 162 Å². The molecule has 0 spiro atoms. The lowest BCUT2D eigenvalue weighted by atomic mass is 9.89. The Bertz CT molecular complexity index is 886. The van der Waals surface area contributed by atoms with E-state index in [1.807, 2.05) is 30.3 Å². The summed E-state index contributed by atoms with van der Waals surface area (Å²) in [7, 11) is 1.61. The van der Waals surface area contributed by atoms with E-state index in [2.05, 4.69) is 0 Å². The average Bonchev–Trinajstić information content (AvgIpc) is 3.14. The van der Waals surface area contributed by atoms with Crippen LogP contribution in [0.15, 0.2) is 54.6 Å². The van der Waals surface area contributed by atoms with Gasteiger partial charge in [0.25, 0.3) is 5.69 Å². The summed E-state index contributed by atoms with van der Waals surface area (Å²) >= 11 is 0. The highest BCUT2D eigenvalue weighted by Crippen LogP contribution is 2.33. The maximum absolute atomic E-state index is 12.8. The number of nitrogens with zero attached hydrogens (tertiary/aromatic N) is 3. The summed E-state index contributed by atoms with van der Waals surface area (Å²) < 4.78 is 0. The summed E-state index contributed by atoms with van der Waals surface area (Å²) in [5.74, 6) is -2.15. The molecule has 1 N–H and O–H groups in total. The number of hydrogen-bond acceptors (Lipinski definition) is 5. The van der Waals surface area contributed by atoms with Crippen molar-refractivity contribution in [3.05, 3.63) is 70.3 Å². The first kappa shape index (κ1) is 19.3. The highest BCUT2D eigenvalue weighted by atomic mass is 16.6. The number of likely N-dealkylation sites (N-methyl/N-ethyl adjacent to an activating group) is 1. The third kappa shape index (κ3) is 3.95. The quantitative estimate of drug-likeness (QED) is 0.607. The Morgan fingerprint density at radius 3 is 2.43 bits per heavy atom. The highest BCUT2D eigenvalue weighted by molar-refractivity contribution is 5.84. The van der Waals surface area contributed by atoms with Crippen molar-refractivity contribution in [3.8, 4) is 0 Å². The molecule has 2 aromatic rings. The molecule has 8 heteroatoms. The van der Waals surface area contributed by atoms with Gasteiger partial charge in [-0.05, 0) is 11.6 Å². The fourth-order valence-electron chi connectivity index (χ4n) is 3.63. The van der Waals surface area contributed by atoms with E-state index in [4.69, 9.17) is 0 Å². The van der Waals surface area contributed by atoms with Crippen LogP contribution in [0.5, 0.6) is 0 Å². The molecular formula is C20H21N3O5. The Balaban J connectivity index is 1.74. The number of benzene rings is 2. The summed E-state index contributed by atoms with van der Waals surface area (Å²) in [6.45, 7) is 0.363. The number of carbonyl (C=O) groups is 2. The molecule has 1 fully saturated rings. The number of nitro benzene ring substituents is 1. The van der Waals surface area contributed by atoms with Crippen LogP contribution < -0.4 is 4.90 Å². The number of carbonyl (C=O) groups excluding carboxylic acids is 1. The van der Waals surface area contributed by atoms with E-state index < -0.39 is 16.8 Å². The minimum atomic E-state index is -0.934. The molecule has 0 aromatic heterocycles. The van der Waals surface area contributed by atoms with E-state index in [0.717, 1.165) is 5.56 Å². The molecule has 0 bridgehead atoms. The number of amides is 1. The van der Waals surface area contributed by atoms with E-state index in [9.17, 15) is 24.8 Å². The van der Waals surface area contributed by atoms with Gasteiger partial charge in [0, 0.05) is 32.1 Å². The minimum absolute atomic E-state index is 0.0707. The number of anilines is 1. The maximum Gasteiger partial charge on any atom is 0.308 e. The molecular weight excluding hydrogens is 362 g/mol. The number of rotatable bonds is 6. The molecule has 1 aliphatic rings. The van der Waals surface area contributed by atoms with E-state index in [0.29, 0.717) is 12.2 Å². The Hall–Kier alpha value is -3.42. The van der Waals surface area contributed by atoms with Crippen LogP contribution in [0.3, 0.4) is 0 Å². The normalized spacial score (nSPS) is 18.7. The third-order valence-corrected chi connectivity index (χ3v) is 5.08. The van der Waals surface area contributed by atoms with Gasteiger partial charge in [0.15, 0.2) is 0 Å². The number of nitro groups is 1. The zero-order valence-electron chi connectivity index (χ0n) is 15.4. The molecule has 0 radical (unpaired) electrons. The van der Waals surface area contributed by atoms with Gasteiger partial charge >= 0.3 is 5.97 Å². The van der Waals surface area contributed by atoms with Crippen molar-refractivity contribution in [2.45, 2.75) is 5.92 Å². The largest absolute Gasteiger partial charge is 0.481 e. The molecule has 0 unspecified atom stereocenters. The average molecular weight is 383 g/mol. The fourth-order valence-corrected chi connectivity index (χ4v) is 3.63. The minimum Gasteiger partial charge on any atom is -0.481 e. The predicted molar refractivity (Wildman–Crippen MR) is 103 cm³/mol. The number of aliphatic carboxylic acids is 1. The van der Waals surface area contributed by atoms with Gasteiger partial charge in [-0.3, -0.25) is 19.7 Å². The molecule has 2 aromatic carbocycles. The van der Waals surface area contributed by atoms with Crippen molar-refractivity contribution in [1.29, 1.82) is 0 Å². The van der Waals surface area contributed by atoms with Crippen LogP contribution in [0.4, 0.5) is 11.4 Å². The van der Waals surface area contributed by atoms with Crippen LogP contribution in [-0.2, 0) is 9.59 Å². The molecule has 1 aliphatic heterocycles. The molecule has 0 saturated carbocycles. The van der Waals surface area contributed by atoms with Crippen molar-refractivity contribution in [2.75, 3.05) is 31.6 Å². The van der Waals surface area contributed by atoms with Gasteiger partial charge in [-0.1, -0.05) is 42.5 Å². The van der Waals surface area contributed by atoms with Gasteiger partial charge in [0.1, 0.15) is 5.69 Å². The van der Waals surface area contributed by atoms with E-state index in [1.165, 1.54) is 15.9 Å². The zero-order chi connectivity index (χ0) is 20.3. The Morgan fingerprint density at radius 2 is 1.79 bits per heavy atom. The van der Waals surface area contributed by atoms with Crippen LogP contribution in [0, 0.1) is 16.0 Å². The summed E-state index contributed by atoms with van der Waals surface area (Å²) in [6, 6.07) is 15.5. The van der Waals surface area contributed by atoms with Crippen LogP contribution in [0.2, 0.25) is 0 Å². The fraction of sp³-hybridized carbons (Fsp3) is 0.300. The van der Waals surface area contributed by atoms with Crippen LogP contribution >= 0.6 is 0 Å². The van der Waals surface area contributed by atoms with Gasteiger partial charge in [-0.15, -0.1) is 0 Å². The zero-order valence-corrected chi connectivity index (χ0v) is 15.4. The third-order valence-electron chi connectivity index (χ3n) is 5.08. The first-order valence-electron chi connectivity index (χ1n) is 8.88. The number of carboxylic acids is 1. The topological polar surface area (TPSA) is 104 Å². The molecule has 28 heavy (non-hydrogen) atoms. The van der Waals surface area contributed by atoms with Gasteiger partial charge in [-0.2, -0.15) is 0 Å². The van der Waals surface area contributed by atoms with Crippen LogP contribution in [0.1, 0.15) is 11.5 Å². The van der Waals surface area contributed by atoms with Gasteiger partial charge < -0.3 is 14.9 Å². The van der Waals surface area contributed by atoms with Crippen molar-refractivity contribution in [2.24, 2.45) is 5.92 Å². The summed E-state index contributed by atoms with van der Waals surface area (Å²) in [6.07, 6.45) is 0. The number of para-hydroxylation sites is 2. The maximum atomic E-state index is 12.8. The predicted octanol–water partition coefficient (Wildman–Crippen LogP) is 2.36. The Kier molecular flexibility index (Phi) is 5.58. The lowest BCUT2D eigenvalue weighted by Crippen LogP contribution is -2.38. The number of hydrogen-bond donors (Lipinski definition) is 1. The number of likely N-dealkylation sites (tertiary alicyclic amines) is 1. The first-order chi connectivity index (χ1) is 13.4.